The van der Waals surface area contributed by atoms with Crippen molar-refractivity contribution in [3.63, 3.8) is 0 Å². The van der Waals surface area contributed by atoms with E-state index in [4.69, 9.17) is 0 Å². The second-order valence-corrected chi connectivity index (χ2v) is 3.54. The summed E-state index contributed by atoms with van der Waals surface area (Å²) in [7, 11) is 7.50. The van der Waals surface area contributed by atoms with E-state index in [2.05, 4.69) is 5.32 Å². The molecule has 64 valence electrons. The van der Waals surface area contributed by atoms with Crippen molar-refractivity contribution in [1.29, 1.82) is 0 Å². The lowest BCUT2D eigenvalue weighted by Crippen LogP contribution is -2.47. The van der Waals surface area contributed by atoms with Crippen LogP contribution in [0.3, 0.4) is 0 Å². The van der Waals surface area contributed by atoms with Gasteiger partial charge in [-0.1, -0.05) is 6.92 Å². The third-order valence-electron chi connectivity index (χ3n) is 1.05. The number of carbonyl (C=O) groups is 1. The molecular formula is C7H17BN2O. The maximum atomic E-state index is 11.0. The monoisotopic (exact) mass is 156 g/mol. The summed E-state index contributed by atoms with van der Waals surface area (Å²) in [6.45, 7) is 2.79. The predicted octanol–water partition coefficient (Wildman–Crippen LogP) is 0.431. The van der Waals surface area contributed by atoms with Crippen LogP contribution in [0.15, 0.2) is 0 Å². The number of rotatable bonds is 4. The highest BCUT2D eigenvalue weighted by Crippen LogP contribution is 1.85. The zero-order valence-electron chi connectivity index (χ0n) is 7.85. The first-order valence-electron chi connectivity index (χ1n) is 3.90. The smallest absolute Gasteiger partial charge is 0.104 e. The second-order valence-electron chi connectivity index (χ2n) is 3.54. The minimum Gasteiger partial charge on any atom is -0.560 e. The van der Waals surface area contributed by atoms with Crippen molar-refractivity contribution in [3.05, 3.63) is 0 Å². The van der Waals surface area contributed by atoms with E-state index < -0.39 is 0 Å². The fourth-order valence-corrected chi connectivity index (χ4v) is 0.646. The standard InChI is InChI=1S/C7H16BN2O/c1-5-6-9-7(11)8-10(2,3)4/h5-6H2,1-4H3/q-1/p+1. The Kier molecular flexibility index (Phi) is 4.19. The molecule has 0 aromatic heterocycles. The Hall–Kier alpha value is -0.505. The molecule has 0 aromatic rings. The molecule has 0 aliphatic heterocycles. The van der Waals surface area contributed by atoms with E-state index in [1.807, 2.05) is 28.1 Å². The quantitative estimate of drug-likeness (QED) is 0.587. The molecule has 0 spiro atoms. The van der Waals surface area contributed by atoms with Crippen LogP contribution in [0.4, 0.5) is 4.79 Å². The fraction of sp³-hybridized carbons (Fsp3) is 0.857. The minimum absolute atomic E-state index is 0.0133. The highest BCUT2D eigenvalue weighted by Gasteiger charge is 1.99. The molecule has 1 amide bonds. The van der Waals surface area contributed by atoms with Crippen LogP contribution in [0.1, 0.15) is 13.3 Å². The van der Waals surface area contributed by atoms with Gasteiger partial charge in [0, 0.05) is 33.5 Å². The average molecular weight is 156 g/mol. The molecule has 11 heavy (non-hydrogen) atoms. The molecule has 0 aliphatic rings. The number of hydrogen-bond donors (Lipinski definition) is 1. The van der Waals surface area contributed by atoms with Gasteiger partial charge in [0.15, 0.2) is 0 Å². The first-order chi connectivity index (χ1) is 4.95. The second kappa shape index (κ2) is 4.39. The van der Waals surface area contributed by atoms with Gasteiger partial charge in [0.2, 0.25) is 0 Å². The van der Waals surface area contributed by atoms with Gasteiger partial charge in [-0.3, -0.25) is 0 Å². The van der Waals surface area contributed by atoms with Crippen LogP contribution in [-0.4, -0.2) is 45.3 Å². The third-order valence-corrected chi connectivity index (χ3v) is 1.05. The van der Waals surface area contributed by atoms with E-state index in [9.17, 15) is 4.79 Å². The average Bonchev–Trinajstić information content (AvgIpc) is 1.79. The molecule has 0 unspecified atom stereocenters. The molecular weight excluding hydrogens is 139 g/mol. The van der Waals surface area contributed by atoms with Crippen LogP contribution in [-0.2, 0) is 0 Å². The van der Waals surface area contributed by atoms with Crippen molar-refractivity contribution in [3.8, 4) is 0 Å². The summed E-state index contributed by atoms with van der Waals surface area (Å²) < 4.78 is 0.565. The van der Waals surface area contributed by atoms with Gasteiger partial charge in [0.05, 0.1) is 0 Å². The van der Waals surface area contributed by atoms with Crippen LogP contribution >= 0.6 is 0 Å². The Morgan fingerprint density at radius 1 is 1.45 bits per heavy atom. The molecule has 2 radical (unpaired) electrons. The first kappa shape index (κ1) is 10.5. The van der Waals surface area contributed by atoms with Crippen LogP contribution in [0, 0.1) is 0 Å². The van der Waals surface area contributed by atoms with Crippen molar-refractivity contribution in [1.82, 2.24) is 5.32 Å². The maximum absolute atomic E-state index is 11.0. The number of nitrogens with zero attached hydrogens (tertiary/aromatic N) is 1. The number of hydrogen-bond acceptors (Lipinski definition) is 1. The van der Waals surface area contributed by atoms with Gasteiger partial charge >= 0.3 is 0 Å². The zero-order chi connectivity index (χ0) is 8.91. The molecule has 0 rings (SSSR count). The number of carbonyl (C=O) groups excluding carboxylic acids is 1. The highest BCUT2D eigenvalue weighted by atomic mass is 16.1. The van der Waals surface area contributed by atoms with Gasteiger partial charge in [-0.15, -0.1) is 0 Å². The van der Waals surface area contributed by atoms with Crippen molar-refractivity contribution in [2.75, 3.05) is 27.7 Å². The SMILES string of the molecule is CCCNC(=O)[B-][N+](C)(C)C. The van der Waals surface area contributed by atoms with E-state index >= 15 is 0 Å². The van der Waals surface area contributed by atoms with Crippen molar-refractivity contribution < 1.29 is 9.19 Å². The van der Waals surface area contributed by atoms with E-state index in [0.29, 0.717) is 4.39 Å². The van der Waals surface area contributed by atoms with E-state index in [-0.39, 0.29) is 5.81 Å². The lowest BCUT2D eigenvalue weighted by atomic mass is 9.88. The first-order valence-corrected chi connectivity index (χ1v) is 3.90. The van der Waals surface area contributed by atoms with Gasteiger partial charge < -0.3 is 14.5 Å². The van der Waals surface area contributed by atoms with Crippen molar-refractivity contribution in [2.45, 2.75) is 13.3 Å². The van der Waals surface area contributed by atoms with Crippen LogP contribution < -0.4 is 5.32 Å². The summed E-state index contributed by atoms with van der Waals surface area (Å²) in [6.07, 6.45) is 0.983. The van der Waals surface area contributed by atoms with E-state index in [1.54, 1.807) is 7.41 Å². The third kappa shape index (κ3) is 7.39. The molecule has 0 aliphatic carbocycles. The van der Waals surface area contributed by atoms with Crippen LogP contribution in [0.5, 0.6) is 0 Å². The van der Waals surface area contributed by atoms with Crippen LogP contribution in [0.2, 0.25) is 0 Å². The van der Waals surface area contributed by atoms with Crippen molar-refractivity contribution >= 4 is 13.2 Å². The molecule has 0 heterocycles. The lowest BCUT2D eigenvalue weighted by molar-refractivity contribution is -0.753. The number of amides is 1. The molecule has 0 atom stereocenters. The Morgan fingerprint density at radius 2 is 2.00 bits per heavy atom. The molecule has 0 saturated heterocycles. The predicted molar refractivity (Wildman–Crippen MR) is 47.5 cm³/mol. The summed E-state index contributed by atoms with van der Waals surface area (Å²) >= 11 is 0. The van der Waals surface area contributed by atoms with Gasteiger partial charge in [-0.2, -0.15) is 0 Å². The van der Waals surface area contributed by atoms with E-state index in [0.717, 1.165) is 13.0 Å². The molecule has 3 nitrogen and oxygen atoms in total. The summed E-state index contributed by atoms with van der Waals surface area (Å²) in [5, 5.41) is 2.78. The molecule has 0 fully saturated rings. The molecule has 0 bridgehead atoms. The summed E-state index contributed by atoms with van der Waals surface area (Å²) in [6, 6.07) is 0. The summed E-state index contributed by atoms with van der Waals surface area (Å²) in [5.41, 5.74) is 0. The van der Waals surface area contributed by atoms with Gasteiger partial charge in [0.1, 0.15) is 7.41 Å². The fourth-order valence-electron chi connectivity index (χ4n) is 0.646. The topological polar surface area (TPSA) is 29.1 Å². The van der Waals surface area contributed by atoms with E-state index in [1.165, 1.54) is 0 Å². The summed E-state index contributed by atoms with van der Waals surface area (Å²) in [5.74, 6) is 0.0133. The molecule has 1 N–H and O–H groups in total. The zero-order valence-corrected chi connectivity index (χ0v) is 7.85. The van der Waals surface area contributed by atoms with Gasteiger partial charge in [-0.05, 0) is 6.42 Å². The highest BCUT2D eigenvalue weighted by molar-refractivity contribution is 6.67. The van der Waals surface area contributed by atoms with Gasteiger partial charge in [0.25, 0.3) is 0 Å². The Bertz CT molecular complexity index is 131. The van der Waals surface area contributed by atoms with Gasteiger partial charge in [-0.25, -0.2) is 0 Å². The molecule has 4 heteroatoms. The number of quaternary nitrogens is 1. The summed E-state index contributed by atoms with van der Waals surface area (Å²) in [4.78, 5) is 11.0. The molecule has 0 aromatic carbocycles. The number of nitrogens with one attached hydrogen (secondary N) is 1. The minimum atomic E-state index is 0.0133. The maximum Gasteiger partial charge on any atom is 0.104 e. The largest absolute Gasteiger partial charge is 0.560 e. The Balaban J connectivity index is 3.53. The molecule has 0 saturated carbocycles. The van der Waals surface area contributed by atoms with Crippen molar-refractivity contribution in [2.24, 2.45) is 0 Å². The Morgan fingerprint density at radius 3 is 2.36 bits per heavy atom. The Labute approximate surface area is 69.6 Å². The normalized spacial score (nSPS) is 11.3. The van der Waals surface area contributed by atoms with Crippen LogP contribution in [0.25, 0.3) is 0 Å². The lowest BCUT2D eigenvalue weighted by Gasteiger charge is -2.37.